The largest absolute Gasteiger partial charge is 0.493 e. The van der Waals surface area contributed by atoms with Gasteiger partial charge in [-0.25, -0.2) is 4.79 Å². The Bertz CT molecular complexity index is 799. The second-order valence-corrected chi connectivity index (χ2v) is 9.89. The van der Waals surface area contributed by atoms with E-state index in [1.165, 1.54) is 19.2 Å². The van der Waals surface area contributed by atoms with Crippen molar-refractivity contribution in [3.63, 3.8) is 0 Å². The minimum Gasteiger partial charge on any atom is -0.493 e. The number of hydrogen-bond acceptors (Lipinski definition) is 5. The van der Waals surface area contributed by atoms with E-state index in [1.807, 2.05) is 20.8 Å². The van der Waals surface area contributed by atoms with Gasteiger partial charge < -0.3 is 24.8 Å². The maximum atomic E-state index is 12.7. The molecule has 0 aromatic heterocycles. The van der Waals surface area contributed by atoms with Crippen LogP contribution in [0, 0.1) is 5.41 Å². The first-order valence-corrected chi connectivity index (χ1v) is 10.6. The highest BCUT2D eigenvalue weighted by Crippen LogP contribution is 2.30. The normalized spacial score (nSPS) is 13.2. The Morgan fingerprint density at radius 2 is 1.67 bits per heavy atom. The number of amides is 2. The van der Waals surface area contributed by atoms with Crippen molar-refractivity contribution in [1.82, 2.24) is 10.6 Å². The van der Waals surface area contributed by atoms with Gasteiger partial charge in [0, 0.05) is 6.54 Å². The number of alkyl carbamates (subject to hydrolysis) is 1. The summed E-state index contributed by atoms with van der Waals surface area (Å²) in [5.41, 5.74) is -0.286. The zero-order valence-electron chi connectivity index (χ0n) is 20.3. The van der Waals surface area contributed by atoms with Gasteiger partial charge in [0.25, 0.3) is 0 Å². The van der Waals surface area contributed by atoms with Gasteiger partial charge in [-0.15, -0.1) is 0 Å². The van der Waals surface area contributed by atoms with Gasteiger partial charge in [-0.1, -0.05) is 26.8 Å². The van der Waals surface area contributed by atoms with Gasteiger partial charge in [0.1, 0.15) is 11.6 Å². The van der Waals surface area contributed by atoms with Gasteiger partial charge >= 0.3 is 12.3 Å². The molecular formula is C23H35F3N2O5. The van der Waals surface area contributed by atoms with E-state index in [0.717, 1.165) is 0 Å². The van der Waals surface area contributed by atoms with Crippen LogP contribution in [0.25, 0.3) is 0 Å². The molecule has 0 heterocycles. The molecule has 0 aliphatic rings. The highest BCUT2D eigenvalue weighted by atomic mass is 19.4. The van der Waals surface area contributed by atoms with E-state index in [9.17, 15) is 22.8 Å². The zero-order valence-corrected chi connectivity index (χ0v) is 20.3. The highest BCUT2D eigenvalue weighted by Gasteiger charge is 2.30. The molecule has 188 valence electrons. The third-order valence-corrected chi connectivity index (χ3v) is 4.16. The molecule has 2 amide bonds. The summed E-state index contributed by atoms with van der Waals surface area (Å²) in [7, 11) is 1.34. The molecule has 10 heteroatoms. The molecule has 1 aromatic rings. The predicted octanol–water partition coefficient (Wildman–Crippen LogP) is 4.62. The molecule has 1 aromatic carbocycles. The average Bonchev–Trinajstić information content (AvgIpc) is 2.62. The number of carbonyl (C=O) groups is 2. The summed E-state index contributed by atoms with van der Waals surface area (Å²) >= 11 is 0. The number of benzene rings is 1. The lowest BCUT2D eigenvalue weighted by Crippen LogP contribution is -2.50. The summed E-state index contributed by atoms with van der Waals surface area (Å²) in [6.07, 6.45) is -4.44. The summed E-state index contributed by atoms with van der Waals surface area (Å²) in [4.78, 5) is 24.9. The molecule has 0 bridgehead atoms. The molecular weight excluding hydrogens is 441 g/mol. The molecule has 1 rings (SSSR count). The van der Waals surface area contributed by atoms with E-state index in [1.54, 1.807) is 26.8 Å². The summed E-state index contributed by atoms with van der Waals surface area (Å²) in [5.74, 6) is -0.229. The molecule has 0 aliphatic heterocycles. The van der Waals surface area contributed by atoms with Crippen LogP contribution < -0.4 is 20.1 Å². The van der Waals surface area contributed by atoms with Crippen LogP contribution in [0.3, 0.4) is 0 Å². The van der Waals surface area contributed by atoms with Gasteiger partial charge in [0.2, 0.25) is 5.91 Å². The number of rotatable bonds is 9. The first kappa shape index (κ1) is 28.4. The second kappa shape index (κ2) is 11.5. The molecule has 0 saturated carbocycles. The number of ether oxygens (including phenoxy) is 3. The smallest absolute Gasteiger partial charge is 0.422 e. The molecule has 33 heavy (non-hydrogen) atoms. The van der Waals surface area contributed by atoms with Crippen LogP contribution in [-0.2, 0) is 16.0 Å². The quantitative estimate of drug-likeness (QED) is 0.543. The van der Waals surface area contributed by atoms with Crippen molar-refractivity contribution in [3.05, 3.63) is 23.8 Å². The zero-order chi connectivity index (χ0) is 25.4. The Morgan fingerprint density at radius 1 is 1.03 bits per heavy atom. The molecule has 0 radical (unpaired) electrons. The third kappa shape index (κ3) is 12.2. The lowest BCUT2D eigenvalue weighted by atomic mass is 9.88. The van der Waals surface area contributed by atoms with E-state index in [4.69, 9.17) is 14.2 Å². The van der Waals surface area contributed by atoms with E-state index in [0.29, 0.717) is 18.4 Å². The van der Waals surface area contributed by atoms with Crippen LogP contribution in [0.5, 0.6) is 11.5 Å². The van der Waals surface area contributed by atoms with Crippen molar-refractivity contribution < 1.29 is 37.0 Å². The van der Waals surface area contributed by atoms with E-state index in [-0.39, 0.29) is 29.4 Å². The van der Waals surface area contributed by atoms with Crippen molar-refractivity contribution in [2.24, 2.45) is 5.41 Å². The number of carbonyl (C=O) groups excluding carboxylic acids is 2. The Hall–Kier alpha value is -2.65. The topological polar surface area (TPSA) is 85.9 Å². The summed E-state index contributed by atoms with van der Waals surface area (Å²) in [6.45, 7) is 9.80. The average molecular weight is 477 g/mol. The van der Waals surface area contributed by atoms with E-state index < -0.39 is 30.5 Å². The Kier molecular flexibility index (Phi) is 9.87. The van der Waals surface area contributed by atoms with Gasteiger partial charge in [0.05, 0.1) is 7.11 Å². The van der Waals surface area contributed by atoms with Crippen molar-refractivity contribution in [1.29, 1.82) is 0 Å². The minimum atomic E-state index is -4.47. The van der Waals surface area contributed by atoms with Crippen LogP contribution in [-0.4, -0.2) is 50.1 Å². The number of hydrogen-bond donors (Lipinski definition) is 2. The summed E-state index contributed by atoms with van der Waals surface area (Å²) in [6, 6.07) is 3.83. The van der Waals surface area contributed by atoms with Crippen molar-refractivity contribution in [2.75, 3.05) is 20.3 Å². The standard InChI is InChI=1S/C23H35F3N2O5/c1-21(2,3)13-16(28-20(30)33-22(4,5)6)19(29)27-11-10-15-8-9-17(31-7)18(12-15)32-14-23(24,25)26/h8-9,12,16H,10-11,13-14H2,1-7H3,(H,27,29)(H,28,30). The highest BCUT2D eigenvalue weighted by molar-refractivity contribution is 5.85. The van der Waals surface area contributed by atoms with Gasteiger partial charge in [-0.05, 0) is 56.7 Å². The minimum absolute atomic E-state index is 0.0316. The molecule has 0 fully saturated rings. The summed E-state index contributed by atoms with van der Waals surface area (Å²) < 4.78 is 52.6. The van der Waals surface area contributed by atoms with Crippen LogP contribution in [0.15, 0.2) is 18.2 Å². The molecule has 1 unspecified atom stereocenters. The number of nitrogens with one attached hydrogen (secondary N) is 2. The van der Waals surface area contributed by atoms with Crippen molar-refractivity contribution in [3.8, 4) is 11.5 Å². The Morgan fingerprint density at radius 3 is 2.18 bits per heavy atom. The van der Waals surface area contributed by atoms with E-state index >= 15 is 0 Å². The first-order chi connectivity index (χ1) is 15.0. The van der Waals surface area contributed by atoms with Crippen LogP contribution in [0.2, 0.25) is 0 Å². The molecule has 2 N–H and O–H groups in total. The fourth-order valence-electron chi connectivity index (χ4n) is 2.87. The summed E-state index contributed by atoms with van der Waals surface area (Å²) in [5, 5.41) is 5.38. The molecule has 0 saturated heterocycles. The van der Waals surface area contributed by atoms with Crippen LogP contribution >= 0.6 is 0 Å². The predicted molar refractivity (Wildman–Crippen MR) is 118 cm³/mol. The number of alkyl halides is 3. The lowest BCUT2D eigenvalue weighted by molar-refractivity contribution is -0.153. The molecule has 1 atom stereocenters. The Balaban J connectivity index is 2.77. The van der Waals surface area contributed by atoms with Crippen LogP contribution in [0.1, 0.15) is 53.5 Å². The van der Waals surface area contributed by atoms with Gasteiger partial charge in [0.15, 0.2) is 18.1 Å². The number of methoxy groups -OCH3 is 1. The maximum Gasteiger partial charge on any atom is 0.422 e. The van der Waals surface area contributed by atoms with Crippen LogP contribution in [0.4, 0.5) is 18.0 Å². The van der Waals surface area contributed by atoms with Gasteiger partial charge in [-0.2, -0.15) is 13.2 Å². The molecule has 0 spiro atoms. The first-order valence-electron chi connectivity index (χ1n) is 10.6. The second-order valence-electron chi connectivity index (χ2n) is 9.89. The van der Waals surface area contributed by atoms with Gasteiger partial charge in [-0.3, -0.25) is 4.79 Å². The fourth-order valence-corrected chi connectivity index (χ4v) is 2.87. The van der Waals surface area contributed by atoms with E-state index in [2.05, 4.69) is 10.6 Å². The maximum absolute atomic E-state index is 12.7. The third-order valence-electron chi connectivity index (χ3n) is 4.16. The monoisotopic (exact) mass is 476 g/mol. The number of halogens is 3. The molecule has 0 aliphatic carbocycles. The van der Waals surface area contributed by atoms with Crippen molar-refractivity contribution >= 4 is 12.0 Å². The lowest BCUT2D eigenvalue weighted by Gasteiger charge is -2.27. The fraction of sp³-hybridized carbons (Fsp3) is 0.652. The Labute approximate surface area is 193 Å². The van der Waals surface area contributed by atoms with Crippen molar-refractivity contribution in [2.45, 2.75) is 72.2 Å². The SMILES string of the molecule is COc1ccc(CCNC(=O)C(CC(C)(C)C)NC(=O)OC(C)(C)C)cc1OCC(F)(F)F. The molecule has 7 nitrogen and oxygen atoms in total.